The van der Waals surface area contributed by atoms with Crippen LogP contribution >= 0.6 is 11.8 Å². The third-order valence-corrected chi connectivity index (χ3v) is 5.32. The van der Waals surface area contributed by atoms with Crippen LogP contribution in [0.3, 0.4) is 0 Å². The summed E-state index contributed by atoms with van der Waals surface area (Å²) in [5, 5.41) is 0.530. The maximum atomic E-state index is 12.8. The number of carbonyl (C=O) groups is 1. The molecule has 1 unspecified atom stereocenters. The minimum Gasteiger partial charge on any atom is -0.378 e. The van der Waals surface area contributed by atoms with Gasteiger partial charge < -0.3 is 9.64 Å². The van der Waals surface area contributed by atoms with E-state index in [1.54, 1.807) is 9.47 Å². The van der Waals surface area contributed by atoms with Crippen LogP contribution in [-0.2, 0) is 22.6 Å². The first kappa shape index (κ1) is 14.8. The standard InChI is InChI=1S/C16H19N3O3S/c20-15(17-5-7-22-8-6-17)10-19-14-4-2-1-3-13(14)18(16(19)21)9-12-11-23-12/h1-4,12H,5-11H2. The molecule has 6 nitrogen and oxygen atoms in total. The van der Waals surface area contributed by atoms with Gasteiger partial charge in [0.05, 0.1) is 24.2 Å². The van der Waals surface area contributed by atoms with Crippen molar-refractivity contribution in [1.29, 1.82) is 0 Å². The second-order valence-electron chi connectivity index (χ2n) is 5.92. The fourth-order valence-electron chi connectivity index (χ4n) is 3.03. The predicted octanol–water partition coefficient (Wildman–Crippen LogP) is 0.777. The number of para-hydroxylation sites is 2. The van der Waals surface area contributed by atoms with Gasteiger partial charge in [0.2, 0.25) is 5.91 Å². The molecule has 2 fully saturated rings. The highest BCUT2D eigenvalue weighted by Crippen LogP contribution is 2.31. The van der Waals surface area contributed by atoms with Gasteiger partial charge in [-0.1, -0.05) is 12.1 Å². The highest BCUT2D eigenvalue weighted by molar-refractivity contribution is 8.06. The lowest BCUT2D eigenvalue weighted by Gasteiger charge is -2.26. The molecule has 3 heterocycles. The summed E-state index contributed by atoms with van der Waals surface area (Å²) in [7, 11) is 0. The summed E-state index contributed by atoms with van der Waals surface area (Å²) in [6, 6.07) is 7.72. The molecule has 0 bridgehead atoms. The molecule has 0 N–H and O–H groups in total. The van der Waals surface area contributed by atoms with E-state index in [0.29, 0.717) is 31.6 Å². The minimum absolute atomic E-state index is 0.0147. The molecular formula is C16H19N3O3S. The molecule has 4 rings (SSSR count). The molecule has 0 spiro atoms. The van der Waals surface area contributed by atoms with E-state index in [1.807, 2.05) is 40.6 Å². The van der Waals surface area contributed by atoms with Crippen LogP contribution in [0.15, 0.2) is 29.1 Å². The Morgan fingerprint density at radius 1 is 1.17 bits per heavy atom. The van der Waals surface area contributed by atoms with Crippen LogP contribution in [0.5, 0.6) is 0 Å². The number of amides is 1. The quantitative estimate of drug-likeness (QED) is 0.776. The number of fused-ring (bicyclic) bond motifs is 1. The summed E-state index contributed by atoms with van der Waals surface area (Å²) in [6.07, 6.45) is 0. The molecule has 2 aliphatic rings. The highest BCUT2D eigenvalue weighted by Gasteiger charge is 2.26. The first-order chi connectivity index (χ1) is 11.2. The van der Waals surface area contributed by atoms with E-state index in [4.69, 9.17) is 4.74 Å². The molecule has 1 aromatic heterocycles. The number of benzene rings is 1. The molecule has 1 amide bonds. The fourth-order valence-corrected chi connectivity index (χ4v) is 3.52. The van der Waals surface area contributed by atoms with E-state index in [9.17, 15) is 9.59 Å². The van der Waals surface area contributed by atoms with Crippen molar-refractivity contribution < 1.29 is 9.53 Å². The molecule has 2 aromatic rings. The molecule has 23 heavy (non-hydrogen) atoms. The number of ether oxygens (including phenoxy) is 1. The molecular weight excluding hydrogens is 314 g/mol. The minimum atomic E-state index is -0.0830. The van der Waals surface area contributed by atoms with Crippen molar-refractivity contribution in [3.05, 3.63) is 34.7 Å². The second-order valence-corrected chi connectivity index (χ2v) is 7.25. The Hall–Kier alpha value is -1.73. The lowest BCUT2D eigenvalue weighted by molar-refractivity contribution is -0.135. The lowest BCUT2D eigenvalue weighted by Crippen LogP contribution is -2.43. The van der Waals surface area contributed by atoms with Crippen LogP contribution in [-0.4, -0.2) is 57.2 Å². The number of hydrogen-bond donors (Lipinski definition) is 0. The van der Waals surface area contributed by atoms with Gasteiger partial charge in [-0.3, -0.25) is 13.9 Å². The summed E-state index contributed by atoms with van der Waals surface area (Å²) in [6.45, 7) is 3.17. The van der Waals surface area contributed by atoms with Crippen LogP contribution in [0.25, 0.3) is 11.0 Å². The van der Waals surface area contributed by atoms with Crippen molar-refractivity contribution in [2.45, 2.75) is 18.3 Å². The van der Waals surface area contributed by atoms with Crippen molar-refractivity contribution in [2.24, 2.45) is 0 Å². The van der Waals surface area contributed by atoms with Crippen molar-refractivity contribution in [1.82, 2.24) is 14.0 Å². The molecule has 122 valence electrons. The zero-order valence-corrected chi connectivity index (χ0v) is 13.6. The summed E-state index contributed by atoms with van der Waals surface area (Å²) in [5.41, 5.74) is 1.67. The molecule has 7 heteroatoms. The molecule has 1 aromatic carbocycles. The van der Waals surface area contributed by atoms with Crippen LogP contribution in [0.2, 0.25) is 0 Å². The Bertz CT molecular complexity index is 787. The van der Waals surface area contributed by atoms with Crippen LogP contribution in [0, 0.1) is 0 Å². The maximum Gasteiger partial charge on any atom is 0.329 e. The van der Waals surface area contributed by atoms with Crippen LogP contribution < -0.4 is 5.69 Å². The lowest BCUT2D eigenvalue weighted by atomic mass is 10.3. The Balaban J connectivity index is 1.67. The zero-order valence-electron chi connectivity index (χ0n) is 12.8. The smallest absolute Gasteiger partial charge is 0.329 e. The highest BCUT2D eigenvalue weighted by atomic mass is 32.2. The molecule has 1 atom stereocenters. The number of imidazole rings is 1. The Morgan fingerprint density at radius 2 is 1.83 bits per heavy atom. The van der Waals surface area contributed by atoms with Gasteiger partial charge in [-0.15, -0.1) is 0 Å². The zero-order chi connectivity index (χ0) is 15.8. The van der Waals surface area contributed by atoms with Crippen LogP contribution in [0.4, 0.5) is 0 Å². The Kier molecular flexibility index (Phi) is 3.90. The number of hydrogen-bond acceptors (Lipinski definition) is 4. The molecule has 2 saturated heterocycles. The SMILES string of the molecule is O=C(Cn1c(=O)n(CC2CS2)c2ccccc21)N1CCOCC1. The summed E-state index contributed by atoms with van der Waals surface area (Å²) < 4.78 is 8.70. The average molecular weight is 333 g/mol. The Labute approximate surface area is 138 Å². The van der Waals surface area contributed by atoms with Gasteiger partial charge in [-0.05, 0) is 12.1 Å². The van der Waals surface area contributed by atoms with E-state index in [0.717, 1.165) is 23.3 Å². The summed E-state index contributed by atoms with van der Waals surface area (Å²) in [4.78, 5) is 27.1. The molecule has 0 radical (unpaired) electrons. The van der Waals surface area contributed by atoms with E-state index >= 15 is 0 Å². The number of nitrogens with zero attached hydrogens (tertiary/aromatic N) is 3. The summed E-state index contributed by atoms with van der Waals surface area (Å²) >= 11 is 1.87. The van der Waals surface area contributed by atoms with Gasteiger partial charge in [0.1, 0.15) is 6.54 Å². The first-order valence-electron chi connectivity index (χ1n) is 7.89. The number of thioether (sulfide) groups is 1. The van der Waals surface area contributed by atoms with Crippen molar-refractivity contribution in [2.75, 3.05) is 32.1 Å². The predicted molar refractivity (Wildman–Crippen MR) is 89.8 cm³/mol. The van der Waals surface area contributed by atoms with Gasteiger partial charge in [0.15, 0.2) is 0 Å². The average Bonchev–Trinajstić information content (AvgIpc) is 3.38. The van der Waals surface area contributed by atoms with Gasteiger partial charge in [0, 0.05) is 30.6 Å². The Morgan fingerprint density at radius 3 is 2.48 bits per heavy atom. The monoisotopic (exact) mass is 333 g/mol. The van der Waals surface area contributed by atoms with Crippen molar-refractivity contribution in [3.63, 3.8) is 0 Å². The van der Waals surface area contributed by atoms with Gasteiger partial charge >= 0.3 is 5.69 Å². The molecule has 2 aliphatic heterocycles. The van der Waals surface area contributed by atoms with Gasteiger partial charge in [0.25, 0.3) is 0 Å². The normalized spacial score (nSPS) is 20.9. The van der Waals surface area contributed by atoms with E-state index in [2.05, 4.69) is 0 Å². The van der Waals surface area contributed by atoms with E-state index < -0.39 is 0 Å². The third-order valence-electron chi connectivity index (χ3n) is 4.37. The van der Waals surface area contributed by atoms with Gasteiger partial charge in [-0.2, -0.15) is 11.8 Å². The van der Waals surface area contributed by atoms with Crippen molar-refractivity contribution >= 4 is 28.7 Å². The van der Waals surface area contributed by atoms with E-state index in [-0.39, 0.29) is 18.1 Å². The molecule has 0 saturated carbocycles. The fraction of sp³-hybridized carbons (Fsp3) is 0.500. The van der Waals surface area contributed by atoms with Crippen molar-refractivity contribution in [3.8, 4) is 0 Å². The number of aromatic nitrogens is 2. The molecule has 0 aliphatic carbocycles. The third kappa shape index (κ3) is 2.90. The number of morpholine rings is 1. The second kappa shape index (κ2) is 6.05. The van der Waals surface area contributed by atoms with Crippen LogP contribution in [0.1, 0.15) is 0 Å². The number of carbonyl (C=O) groups excluding carboxylic acids is 1. The number of rotatable bonds is 4. The van der Waals surface area contributed by atoms with E-state index in [1.165, 1.54) is 0 Å². The maximum absolute atomic E-state index is 12.8. The topological polar surface area (TPSA) is 56.5 Å². The van der Waals surface area contributed by atoms with Gasteiger partial charge in [-0.25, -0.2) is 4.79 Å². The first-order valence-corrected chi connectivity index (χ1v) is 8.94. The largest absolute Gasteiger partial charge is 0.378 e. The summed E-state index contributed by atoms with van der Waals surface area (Å²) in [5.74, 6) is 1.10.